The van der Waals surface area contributed by atoms with Crippen LogP contribution in [0, 0.1) is 13.8 Å². The van der Waals surface area contributed by atoms with Gasteiger partial charge in [-0.05, 0) is 26.0 Å². The number of nitrogens with zero attached hydrogens (tertiary/aromatic N) is 2. The lowest BCUT2D eigenvalue weighted by atomic mass is 10.2. The quantitative estimate of drug-likeness (QED) is 0.758. The summed E-state index contributed by atoms with van der Waals surface area (Å²) < 4.78 is 5.62. The number of carbonyl (C=O) groups is 1. The van der Waals surface area contributed by atoms with Crippen molar-refractivity contribution in [1.82, 2.24) is 9.97 Å². The minimum absolute atomic E-state index is 0.577. The molecular formula is C13H12N2O2. The zero-order valence-corrected chi connectivity index (χ0v) is 9.68. The molecule has 0 saturated carbocycles. The van der Waals surface area contributed by atoms with E-state index in [9.17, 15) is 4.79 Å². The maximum absolute atomic E-state index is 10.6. The molecule has 17 heavy (non-hydrogen) atoms. The molecular weight excluding hydrogens is 216 g/mol. The second-order valence-electron chi connectivity index (χ2n) is 3.66. The van der Waals surface area contributed by atoms with E-state index >= 15 is 0 Å². The van der Waals surface area contributed by atoms with Gasteiger partial charge in [-0.25, -0.2) is 9.97 Å². The third-order valence-corrected chi connectivity index (χ3v) is 2.28. The standard InChI is InChI=1S/C13H12N2O2/c1-9-13(7-14-10(2)15-9)17-12-5-3-4-11(6-12)8-16/h3-8H,1-2H3. The average molecular weight is 228 g/mol. The van der Waals surface area contributed by atoms with Gasteiger partial charge in [-0.15, -0.1) is 0 Å². The summed E-state index contributed by atoms with van der Waals surface area (Å²) in [6.45, 7) is 3.68. The van der Waals surface area contributed by atoms with Crippen LogP contribution >= 0.6 is 0 Å². The predicted octanol–water partition coefficient (Wildman–Crippen LogP) is 2.70. The molecule has 4 heteroatoms. The van der Waals surface area contributed by atoms with E-state index in [-0.39, 0.29) is 0 Å². The predicted molar refractivity (Wildman–Crippen MR) is 63.4 cm³/mol. The molecule has 0 spiro atoms. The maximum Gasteiger partial charge on any atom is 0.166 e. The van der Waals surface area contributed by atoms with Crippen LogP contribution in [0.25, 0.3) is 0 Å². The van der Waals surface area contributed by atoms with Crippen LogP contribution < -0.4 is 4.74 Å². The Bertz CT molecular complexity index is 553. The van der Waals surface area contributed by atoms with Gasteiger partial charge in [0.1, 0.15) is 17.9 Å². The number of aromatic nitrogens is 2. The van der Waals surface area contributed by atoms with E-state index in [0.717, 1.165) is 12.0 Å². The van der Waals surface area contributed by atoms with E-state index in [0.29, 0.717) is 22.9 Å². The molecule has 0 fully saturated rings. The van der Waals surface area contributed by atoms with Crippen LogP contribution in [0.5, 0.6) is 11.5 Å². The highest BCUT2D eigenvalue weighted by Crippen LogP contribution is 2.23. The lowest BCUT2D eigenvalue weighted by Gasteiger charge is -2.08. The molecule has 0 bridgehead atoms. The maximum atomic E-state index is 10.6. The van der Waals surface area contributed by atoms with E-state index in [1.54, 1.807) is 30.5 Å². The molecule has 0 aliphatic rings. The molecule has 0 N–H and O–H groups in total. The molecule has 0 amide bonds. The Balaban J connectivity index is 2.27. The van der Waals surface area contributed by atoms with Crippen LogP contribution in [0.15, 0.2) is 30.5 Å². The van der Waals surface area contributed by atoms with E-state index in [1.807, 2.05) is 13.8 Å². The van der Waals surface area contributed by atoms with E-state index in [1.165, 1.54) is 0 Å². The van der Waals surface area contributed by atoms with Gasteiger partial charge in [0.15, 0.2) is 5.75 Å². The summed E-state index contributed by atoms with van der Waals surface area (Å²) in [7, 11) is 0. The van der Waals surface area contributed by atoms with Crippen LogP contribution in [0.4, 0.5) is 0 Å². The van der Waals surface area contributed by atoms with Gasteiger partial charge in [0.25, 0.3) is 0 Å². The van der Waals surface area contributed by atoms with Crippen molar-refractivity contribution in [3.05, 3.63) is 47.5 Å². The Hall–Kier alpha value is -2.23. The summed E-state index contributed by atoms with van der Waals surface area (Å²) in [6.07, 6.45) is 2.41. The smallest absolute Gasteiger partial charge is 0.166 e. The Kier molecular flexibility index (Phi) is 3.14. The van der Waals surface area contributed by atoms with Crippen LogP contribution in [-0.4, -0.2) is 16.3 Å². The number of rotatable bonds is 3. The summed E-state index contributed by atoms with van der Waals surface area (Å²) in [4.78, 5) is 18.9. The fourth-order valence-electron chi connectivity index (χ4n) is 1.45. The third kappa shape index (κ3) is 2.66. The molecule has 0 atom stereocenters. The lowest BCUT2D eigenvalue weighted by Crippen LogP contribution is -1.95. The van der Waals surface area contributed by atoms with Gasteiger partial charge in [0.2, 0.25) is 0 Å². The van der Waals surface area contributed by atoms with Crippen molar-refractivity contribution in [3.8, 4) is 11.5 Å². The Labute approximate surface area is 99.3 Å². The zero-order chi connectivity index (χ0) is 12.3. The summed E-state index contributed by atoms with van der Waals surface area (Å²) in [6, 6.07) is 6.94. The normalized spacial score (nSPS) is 10.0. The van der Waals surface area contributed by atoms with Crippen molar-refractivity contribution < 1.29 is 9.53 Å². The minimum Gasteiger partial charge on any atom is -0.454 e. The Morgan fingerprint density at radius 1 is 1.29 bits per heavy atom. The first-order chi connectivity index (χ1) is 8.19. The van der Waals surface area contributed by atoms with Crippen molar-refractivity contribution >= 4 is 6.29 Å². The minimum atomic E-state index is 0.577. The van der Waals surface area contributed by atoms with Gasteiger partial charge >= 0.3 is 0 Å². The second kappa shape index (κ2) is 4.74. The number of aryl methyl sites for hydroxylation is 2. The molecule has 0 radical (unpaired) electrons. The molecule has 4 nitrogen and oxygen atoms in total. The highest BCUT2D eigenvalue weighted by molar-refractivity contribution is 5.75. The first-order valence-corrected chi connectivity index (χ1v) is 5.22. The van der Waals surface area contributed by atoms with Crippen molar-refractivity contribution in [2.75, 3.05) is 0 Å². The van der Waals surface area contributed by atoms with E-state index in [4.69, 9.17) is 4.74 Å². The molecule has 2 aromatic rings. The number of carbonyl (C=O) groups excluding carboxylic acids is 1. The SMILES string of the molecule is Cc1ncc(Oc2cccc(C=O)c2)c(C)n1. The summed E-state index contributed by atoms with van der Waals surface area (Å²) >= 11 is 0. The van der Waals surface area contributed by atoms with E-state index in [2.05, 4.69) is 9.97 Å². The molecule has 1 heterocycles. The van der Waals surface area contributed by atoms with Crippen LogP contribution in [0.3, 0.4) is 0 Å². The Morgan fingerprint density at radius 3 is 2.82 bits per heavy atom. The third-order valence-electron chi connectivity index (χ3n) is 2.28. The first kappa shape index (κ1) is 11.3. The highest BCUT2D eigenvalue weighted by atomic mass is 16.5. The van der Waals surface area contributed by atoms with Gasteiger partial charge in [-0.1, -0.05) is 12.1 Å². The Morgan fingerprint density at radius 2 is 2.12 bits per heavy atom. The molecule has 0 aliphatic heterocycles. The van der Waals surface area contributed by atoms with Gasteiger partial charge < -0.3 is 4.74 Å². The van der Waals surface area contributed by atoms with Crippen LogP contribution in [-0.2, 0) is 0 Å². The number of hydrogen-bond acceptors (Lipinski definition) is 4. The monoisotopic (exact) mass is 228 g/mol. The number of ether oxygens (including phenoxy) is 1. The van der Waals surface area contributed by atoms with Gasteiger partial charge in [0, 0.05) is 5.56 Å². The molecule has 86 valence electrons. The highest BCUT2D eigenvalue weighted by Gasteiger charge is 2.04. The number of benzene rings is 1. The van der Waals surface area contributed by atoms with Gasteiger partial charge in [-0.3, -0.25) is 4.79 Å². The molecule has 1 aromatic carbocycles. The van der Waals surface area contributed by atoms with Crippen molar-refractivity contribution in [3.63, 3.8) is 0 Å². The number of aldehydes is 1. The average Bonchev–Trinajstić information content (AvgIpc) is 2.33. The molecule has 0 saturated heterocycles. The summed E-state index contributed by atoms with van der Waals surface area (Å²) in [5, 5.41) is 0. The first-order valence-electron chi connectivity index (χ1n) is 5.22. The summed E-state index contributed by atoms with van der Waals surface area (Å²) in [5.74, 6) is 1.90. The topological polar surface area (TPSA) is 52.1 Å². The molecule has 0 unspecified atom stereocenters. The molecule has 0 aliphatic carbocycles. The fraction of sp³-hybridized carbons (Fsp3) is 0.154. The summed E-state index contributed by atoms with van der Waals surface area (Å²) in [5.41, 5.74) is 1.35. The largest absolute Gasteiger partial charge is 0.454 e. The van der Waals surface area contributed by atoms with Crippen LogP contribution in [0.1, 0.15) is 21.9 Å². The van der Waals surface area contributed by atoms with Crippen LogP contribution in [0.2, 0.25) is 0 Å². The lowest BCUT2D eigenvalue weighted by molar-refractivity contribution is 0.112. The van der Waals surface area contributed by atoms with Crippen molar-refractivity contribution in [1.29, 1.82) is 0 Å². The van der Waals surface area contributed by atoms with E-state index < -0.39 is 0 Å². The molecule has 1 aromatic heterocycles. The second-order valence-corrected chi connectivity index (χ2v) is 3.66. The van der Waals surface area contributed by atoms with Crippen molar-refractivity contribution in [2.45, 2.75) is 13.8 Å². The van der Waals surface area contributed by atoms with Crippen molar-refractivity contribution in [2.24, 2.45) is 0 Å². The zero-order valence-electron chi connectivity index (χ0n) is 9.68. The van der Waals surface area contributed by atoms with Gasteiger partial charge in [0.05, 0.1) is 11.9 Å². The van der Waals surface area contributed by atoms with Gasteiger partial charge in [-0.2, -0.15) is 0 Å². The fourth-order valence-corrected chi connectivity index (χ4v) is 1.45. The molecule has 2 rings (SSSR count). The number of hydrogen-bond donors (Lipinski definition) is 0.